The SMILES string of the molecule is CCCCNC(=O)C(C)N(Cc1ccccc1F)C(=O)CCSc1ccc(Cl)cc1. The summed E-state index contributed by atoms with van der Waals surface area (Å²) in [5.74, 6) is -0.237. The zero-order chi connectivity index (χ0) is 21.9. The third-order valence-corrected chi connectivity index (χ3v) is 5.96. The van der Waals surface area contributed by atoms with Crippen molar-refractivity contribution in [1.29, 1.82) is 0 Å². The third kappa shape index (κ3) is 7.65. The van der Waals surface area contributed by atoms with Gasteiger partial charge in [-0.3, -0.25) is 9.59 Å². The summed E-state index contributed by atoms with van der Waals surface area (Å²) in [6.45, 7) is 4.35. The fourth-order valence-corrected chi connectivity index (χ4v) is 3.83. The number of carbonyl (C=O) groups excluding carboxylic acids is 2. The standard InChI is InChI=1S/C23H28ClFN2O2S/c1-3-4-14-26-23(29)17(2)27(16-18-7-5-6-8-21(18)25)22(28)13-15-30-20-11-9-19(24)10-12-20/h5-12,17H,3-4,13-16H2,1-2H3,(H,26,29). The first-order chi connectivity index (χ1) is 14.4. The van der Waals surface area contributed by atoms with Gasteiger partial charge in [0, 0.05) is 40.7 Å². The van der Waals surface area contributed by atoms with Gasteiger partial charge in [0.25, 0.3) is 0 Å². The number of rotatable bonds is 11. The molecule has 30 heavy (non-hydrogen) atoms. The van der Waals surface area contributed by atoms with Crippen LogP contribution in [0.5, 0.6) is 0 Å². The highest BCUT2D eigenvalue weighted by Gasteiger charge is 2.26. The summed E-state index contributed by atoms with van der Waals surface area (Å²) in [6.07, 6.45) is 2.08. The topological polar surface area (TPSA) is 49.4 Å². The lowest BCUT2D eigenvalue weighted by Crippen LogP contribution is -2.48. The van der Waals surface area contributed by atoms with Gasteiger partial charge >= 0.3 is 0 Å². The molecule has 0 saturated heterocycles. The van der Waals surface area contributed by atoms with Gasteiger partial charge in [0.2, 0.25) is 11.8 Å². The Bertz CT molecular complexity index is 832. The molecule has 0 fully saturated rings. The van der Waals surface area contributed by atoms with Gasteiger partial charge < -0.3 is 10.2 Å². The lowest BCUT2D eigenvalue weighted by atomic mass is 10.1. The number of hydrogen-bond acceptors (Lipinski definition) is 3. The van der Waals surface area contributed by atoms with Gasteiger partial charge in [-0.05, 0) is 43.7 Å². The van der Waals surface area contributed by atoms with Crippen LogP contribution in [0.4, 0.5) is 4.39 Å². The van der Waals surface area contributed by atoms with Gasteiger partial charge in [-0.1, -0.05) is 43.1 Å². The Labute approximate surface area is 187 Å². The lowest BCUT2D eigenvalue weighted by molar-refractivity contribution is -0.140. The van der Waals surface area contributed by atoms with E-state index in [9.17, 15) is 14.0 Å². The van der Waals surface area contributed by atoms with Gasteiger partial charge in [0.05, 0.1) is 0 Å². The quantitative estimate of drug-likeness (QED) is 0.373. The Morgan fingerprint density at radius 2 is 1.87 bits per heavy atom. The minimum atomic E-state index is -0.686. The number of carbonyl (C=O) groups is 2. The number of benzene rings is 2. The lowest BCUT2D eigenvalue weighted by Gasteiger charge is -2.29. The maximum atomic E-state index is 14.2. The first kappa shape index (κ1) is 24.2. The minimum absolute atomic E-state index is 0.0550. The number of thioether (sulfide) groups is 1. The van der Waals surface area contributed by atoms with Crippen LogP contribution in [0.1, 0.15) is 38.7 Å². The molecule has 0 bridgehead atoms. The average molecular weight is 451 g/mol. The van der Waals surface area contributed by atoms with E-state index >= 15 is 0 Å². The van der Waals surface area contributed by atoms with E-state index in [2.05, 4.69) is 5.32 Å². The summed E-state index contributed by atoms with van der Waals surface area (Å²) in [6, 6.07) is 13.1. The maximum Gasteiger partial charge on any atom is 0.242 e. The zero-order valence-corrected chi connectivity index (χ0v) is 18.9. The van der Waals surface area contributed by atoms with Crippen LogP contribution in [0.2, 0.25) is 5.02 Å². The van der Waals surface area contributed by atoms with E-state index < -0.39 is 6.04 Å². The Morgan fingerprint density at radius 3 is 2.53 bits per heavy atom. The molecule has 0 aliphatic carbocycles. The van der Waals surface area contributed by atoms with Gasteiger partial charge in [0.15, 0.2) is 0 Å². The van der Waals surface area contributed by atoms with Crippen molar-refractivity contribution in [3.05, 3.63) is 64.9 Å². The molecule has 0 aromatic heterocycles. The number of halogens is 2. The van der Waals surface area contributed by atoms with E-state index in [1.165, 1.54) is 11.0 Å². The largest absolute Gasteiger partial charge is 0.354 e. The smallest absolute Gasteiger partial charge is 0.242 e. The second-order valence-electron chi connectivity index (χ2n) is 6.99. The molecule has 162 valence electrons. The number of unbranched alkanes of at least 4 members (excludes halogenated alkanes) is 1. The predicted octanol–water partition coefficient (Wildman–Crippen LogP) is 5.29. The van der Waals surface area contributed by atoms with E-state index in [-0.39, 0.29) is 30.6 Å². The summed E-state index contributed by atoms with van der Waals surface area (Å²) in [7, 11) is 0. The predicted molar refractivity (Wildman–Crippen MR) is 121 cm³/mol. The summed E-state index contributed by atoms with van der Waals surface area (Å²) in [4.78, 5) is 28.0. The Balaban J connectivity index is 2.04. The van der Waals surface area contributed by atoms with Crippen LogP contribution in [-0.2, 0) is 16.1 Å². The molecule has 2 aromatic rings. The highest BCUT2D eigenvalue weighted by molar-refractivity contribution is 7.99. The molecule has 0 saturated carbocycles. The average Bonchev–Trinajstić information content (AvgIpc) is 2.74. The molecule has 2 rings (SSSR count). The second-order valence-corrected chi connectivity index (χ2v) is 8.59. The van der Waals surface area contributed by atoms with Gasteiger partial charge in [0.1, 0.15) is 11.9 Å². The van der Waals surface area contributed by atoms with Crippen molar-refractivity contribution in [3.63, 3.8) is 0 Å². The first-order valence-corrected chi connectivity index (χ1v) is 11.5. The Morgan fingerprint density at radius 1 is 1.17 bits per heavy atom. The fourth-order valence-electron chi connectivity index (χ4n) is 2.86. The number of nitrogens with zero attached hydrogens (tertiary/aromatic N) is 1. The van der Waals surface area contributed by atoms with Crippen LogP contribution in [0.25, 0.3) is 0 Å². The number of amides is 2. The molecule has 4 nitrogen and oxygen atoms in total. The molecule has 0 spiro atoms. The van der Waals surface area contributed by atoms with E-state index in [4.69, 9.17) is 11.6 Å². The summed E-state index contributed by atoms with van der Waals surface area (Å²) in [5.41, 5.74) is 0.393. The molecule has 0 aliphatic rings. The van der Waals surface area contributed by atoms with Crippen LogP contribution < -0.4 is 5.32 Å². The van der Waals surface area contributed by atoms with Crippen molar-refractivity contribution < 1.29 is 14.0 Å². The molecule has 0 aliphatic heterocycles. The second kappa shape index (κ2) is 12.6. The van der Waals surface area contributed by atoms with Crippen molar-refractivity contribution in [2.75, 3.05) is 12.3 Å². The minimum Gasteiger partial charge on any atom is -0.354 e. The van der Waals surface area contributed by atoms with Crippen molar-refractivity contribution in [3.8, 4) is 0 Å². The first-order valence-electron chi connectivity index (χ1n) is 10.1. The van der Waals surface area contributed by atoms with Crippen LogP contribution in [-0.4, -0.2) is 35.1 Å². The van der Waals surface area contributed by atoms with Crippen molar-refractivity contribution in [2.45, 2.75) is 50.6 Å². The zero-order valence-electron chi connectivity index (χ0n) is 17.4. The van der Waals surface area contributed by atoms with Crippen molar-refractivity contribution in [2.24, 2.45) is 0 Å². The highest BCUT2D eigenvalue weighted by Crippen LogP contribution is 2.22. The van der Waals surface area contributed by atoms with E-state index in [0.717, 1.165) is 17.7 Å². The van der Waals surface area contributed by atoms with Crippen molar-refractivity contribution >= 4 is 35.2 Å². The molecule has 7 heteroatoms. The highest BCUT2D eigenvalue weighted by atomic mass is 35.5. The maximum absolute atomic E-state index is 14.2. The molecule has 2 amide bonds. The van der Waals surface area contributed by atoms with E-state index in [1.807, 2.05) is 19.1 Å². The van der Waals surface area contributed by atoms with E-state index in [0.29, 0.717) is 22.9 Å². The molecule has 1 atom stereocenters. The molecule has 1 N–H and O–H groups in total. The Hall–Kier alpha value is -2.05. The normalized spacial score (nSPS) is 11.7. The molecule has 1 unspecified atom stereocenters. The molecule has 2 aromatic carbocycles. The summed E-state index contributed by atoms with van der Waals surface area (Å²) < 4.78 is 14.2. The Kier molecular flexibility index (Phi) is 10.2. The van der Waals surface area contributed by atoms with Gasteiger partial charge in [-0.15, -0.1) is 11.8 Å². The van der Waals surface area contributed by atoms with Gasteiger partial charge in [-0.2, -0.15) is 0 Å². The van der Waals surface area contributed by atoms with E-state index in [1.54, 1.807) is 49.0 Å². The summed E-state index contributed by atoms with van der Waals surface area (Å²) >= 11 is 7.44. The van der Waals surface area contributed by atoms with Crippen molar-refractivity contribution in [1.82, 2.24) is 10.2 Å². The molecular formula is C23H28ClFN2O2S. The molecule has 0 radical (unpaired) electrons. The third-order valence-electron chi connectivity index (χ3n) is 4.69. The fraction of sp³-hybridized carbons (Fsp3) is 0.391. The van der Waals surface area contributed by atoms with Gasteiger partial charge in [-0.25, -0.2) is 4.39 Å². The number of nitrogens with one attached hydrogen (secondary N) is 1. The van der Waals surface area contributed by atoms with Crippen LogP contribution >= 0.6 is 23.4 Å². The summed E-state index contributed by atoms with van der Waals surface area (Å²) in [5, 5.41) is 3.52. The van der Waals surface area contributed by atoms with Crippen LogP contribution in [0.15, 0.2) is 53.4 Å². The van der Waals surface area contributed by atoms with Crippen LogP contribution in [0, 0.1) is 5.82 Å². The number of hydrogen-bond donors (Lipinski definition) is 1. The molecular weight excluding hydrogens is 423 g/mol. The van der Waals surface area contributed by atoms with Crippen LogP contribution in [0.3, 0.4) is 0 Å². The molecule has 0 heterocycles. The monoisotopic (exact) mass is 450 g/mol.